The van der Waals surface area contributed by atoms with E-state index in [1.165, 1.54) is 24.3 Å². The molecule has 3 saturated carbocycles. The largest absolute Gasteiger partial charge is 0.484 e. The first-order chi connectivity index (χ1) is 17.5. The summed E-state index contributed by atoms with van der Waals surface area (Å²) in [5, 5.41) is 15.5. The number of nitrogens with one attached hydrogen (secondary N) is 2. The maximum absolute atomic E-state index is 13.6. The molecule has 3 fully saturated rings. The van der Waals surface area contributed by atoms with E-state index in [2.05, 4.69) is 10.6 Å². The predicted octanol–water partition coefficient (Wildman–Crippen LogP) is 4.12. The van der Waals surface area contributed by atoms with Gasteiger partial charge in [-0.2, -0.15) is 0 Å². The Bertz CT molecular complexity index is 1220. The third kappa shape index (κ3) is 6.07. The summed E-state index contributed by atoms with van der Waals surface area (Å²) >= 11 is 11.3. The lowest BCUT2D eigenvalue weighted by molar-refractivity contribution is -0.154. The van der Waals surface area contributed by atoms with Gasteiger partial charge in [0, 0.05) is 17.7 Å². The highest BCUT2D eigenvalue weighted by Crippen LogP contribution is 2.50. The maximum atomic E-state index is 13.6. The Morgan fingerprint density at radius 2 is 1.35 bits per heavy atom. The summed E-state index contributed by atoms with van der Waals surface area (Å²) in [5.74, 6) is -4.16. The van der Waals surface area contributed by atoms with Crippen molar-refractivity contribution in [1.82, 2.24) is 10.6 Å². The third-order valence-corrected chi connectivity index (χ3v) is 7.59. The number of carbonyl (C=O) groups is 3. The quantitative estimate of drug-likeness (QED) is 0.428. The van der Waals surface area contributed by atoms with Crippen LogP contribution in [-0.4, -0.2) is 47.2 Å². The Morgan fingerprint density at radius 3 is 1.81 bits per heavy atom. The number of carboxylic acids is 1. The number of ether oxygens (including phenoxy) is 2. The molecule has 2 amide bonds. The molecule has 37 heavy (non-hydrogen) atoms. The lowest BCUT2D eigenvalue weighted by Crippen LogP contribution is -2.69. The highest BCUT2D eigenvalue weighted by atomic mass is 35.5. The van der Waals surface area contributed by atoms with E-state index in [1.54, 1.807) is 0 Å². The minimum atomic E-state index is -1.09. The Hall–Kier alpha value is -3.11. The smallest absolute Gasteiger partial charge is 0.308 e. The van der Waals surface area contributed by atoms with Crippen LogP contribution in [0.25, 0.3) is 0 Å². The van der Waals surface area contributed by atoms with E-state index in [4.69, 9.17) is 32.7 Å². The summed E-state index contributed by atoms with van der Waals surface area (Å²) in [5.41, 5.74) is -1.76. The zero-order valence-electron chi connectivity index (χ0n) is 19.5. The molecule has 0 aromatic heterocycles. The monoisotopic (exact) mass is 556 g/mol. The highest BCUT2D eigenvalue weighted by molar-refractivity contribution is 6.31. The summed E-state index contributed by atoms with van der Waals surface area (Å²) < 4.78 is 37.9. The van der Waals surface area contributed by atoms with E-state index >= 15 is 0 Å². The van der Waals surface area contributed by atoms with E-state index < -0.39 is 53.0 Å². The van der Waals surface area contributed by atoms with Gasteiger partial charge >= 0.3 is 5.97 Å². The first kappa shape index (κ1) is 26.9. The van der Waals surface area contributed by atoms with Gasteiger partial charge in [-0.3, -0.25) is 14.4 Å². The summed E-state index contributed by atoms with van der Waals surface area (Å²) in [6.45, 7) is -0.815. The second-order valence-corrected chi connectivity index (χ2v) is 10.2. The molecule has 8 nitrogen and oxygen atoms in total. The van der Waals surface area contributed by atoms with Crippen LogP contribution in [-0.2, 0) is 14.4 Å². The zero-order valence-corrected chi connectivity index (χ0v) is 21.0. The molecule has 0 aliphatic heterocycles. The van der Waals surface area contributed by atoms with Crippen LogP contribution < -0.4 is 20.1 Å². The maximum Gasteiger partial charge on any atom is 0.308 e. The molecule has 12 heteroatoms. The minimum Gasteiger partial charge on any atom is -0.484 e. The lowest BCUT2D eigenvalue weighted by Gasteiger charge is -2.56. The fraction of sp³-hybridized carbons (Fsp3) is 0.400. The van der Waals surface area contributed by atoms with Gasteiger partial charge in [0.05, 0.1) is 21.5 Å². The van der Waals surface area contributed by atoms with Crippen molar-refractivity contribution in [2.45, 2.75) is 43.2 Å². The molecular formula is C25H24Cl2F2N2O6. The Labute approximate surface area is 221 Å². The van der Waals surface area contributed by atoms with Crippen LogP contribution in [0.2, 0.25) is 10.0 Å². The molecular weight excluding hydrogens is 533 g/mol. The van der Waals surface area contributed by atoms with Gasteiger partial charge in [0.2, 0.25) is 0 Å². The molecule has 0 heterocycles. The molecule has 198 valence electrons. The number of benzene rings is 2. The van der Waals surface area contributed by atoms with Crippen molar-refractivity contribution in [3.8, 4) is 11.5 Å². The molecule has 2 aromatic carbocycles. The van der Waals surface area contributed by atoms with Crippen molar-refractivity contribution in [3.05, 3.63) is 58.1 Å². The van der Waals surface area contributed by atoms with Gasteiger partial charge in [-0.05, 0) is 56.4 Å². The standard InChI is InChI=1S/C25H24Cl2F2N2O6/c26-17-3-1-14(9-19(17)28)36-12-21(32)30-24-5-7-25(8-6-24,16(11-24)23(34)35)31-22(33)13-37-15-2-4-18(27)20(29)10-15/h1-4,9-10,16H,5-8,11-13H2,(H,30,32)(H,31,33)(H,34,35)/t16-,24?,25?/m0/s1. The molecule has 2 bridgehead atoms. The lowest BCUT2D eigenvalue weighted by atomic mass is 9.56. The molecule has 0 saturated heterocycles. The van der Waals surface area contributed by atoms with E-state index in [1.807, 2.05) is 0 Å². The number of carboxylic acid groups (broad SMARTS) is 1. The molecule has 2 aromatic rings. The van der Waals surface area contributed by atoms with Crippen molar-refractivity contribution < 1.29 is 37.7 Å². The Balaban J connectivity index is 1.35. The fourth-order valence-corrected chi connectivity index (χ4v) is 5.34. The van der Waals surface area contributed by atoms with E-state index in [0.29, 0.717) is 25.7 Å². The van der Waals surface area contributed by atoms with Gasteiger partial charge in [-0.15, -0.1) is 0 Å². The normalized spacial score (nSPS) is 24.3. The van der Waals surface area contributed by atoms with Gasteiger partial charge in [0.15, 0.2) is 13.2 Å². The van der Waals surface area contributed by atoms with Crippen LogP contribution in [0.15, 0.2) is 36.4 Å². The molecule has 0 unspecified atom stereocenters. The second kappa shape index (κ2) is 10.7. The molecule has 3 aliphatic rings. The van der Waals surface area contributed by atoms with Gasteiger partial charge < -0.3 is 25.2 Å². The summed E-state index contributed by atoms with van der Waals surface area (Å²) in [6, 6.07) is 7.60. The third-order valence-electron chi connectivity index (χ3n) is 6.97. The highest BCUT2D eigenvalue weighted by Gasteiger charge is 2.58. The van der Waals surface area contributed by atoms with Gasteiger partial charge in [0.25, 0.3) is 11.8 Å². The first-order valence-electron chi connectivity index (χ1n) is 11.5. The van der Waals surface area contributed by atoms with Crippen molar-refractivity contribution in [1.29, 1.82) is 0 Å². The number of fused-ring (bicyclic) bond motifs is 3. The van der Waals surface area contributed by atoms with Gasteiger partial charge in [0.1, 0.15) is 23.1 Å². The first-order valence-corrected chi connectivity index (χ1v) is 12.3. The molecule has 5 rings (SSSR count). The minimum absolute atomic E-state index is 0.0687. The number of hydrogen-bond acceptors (Lipinski definition) is 5. The van der Waals surface area contributed by atoms with Crippen LogP contribution in [0.5, 0.6) is 11.5 Å². The summed E-state index contributed by atoms with van der Waals surface area (Å²) in [7, 11) is 0. The fourth-order valence-electron chi connectivity index (χ4n) is 5.10. The van der Waals surface area contributed by atoms with Gasteiger partial charge in [-0.1, -0.05) is 23.2 Å². The average molecular weight is 557 g/mol. The number of carbonyl (C=O) groups excluding carboxylic acids is 2. The second-order valence-electron chi connectivity index (χ2n) is 9.36. The number of amides is 2. The molecule has 0 spiro atoms. The van der Waals surface area contributed by atoms with Crippen molar-refractivity contribution in [3.63, 3.8) is 0 Å². The molecule has 3 aliphatic carbocycles. The van der Waals surface area contributed by atoms with Crippen LogP contribution in [0.1, 0.15) is 32.1 Å². The Kier molecular flexibility index (Phi) is 7.80. The van der Waals surface area contributed by atoms with E-state index in [9.17, 15) is 28.3 Å². The molecule has 3 N–H and O–H groups in total. The summed E-state index contributed by atoms with van der Waals surface area (Å²) in [6.07, 6.45) is 1.67. The van der Waals surface area contributed by atoms with Crippen molar-refractivity contribution in [2.24, 2.45) is 5.92 Å². The van der Waals surface area contributed by atoms with Crippen molar-refractivity contribution >= 4 is 41.0 Å². The van der Waals surface area contributed by atoms with Crippen LogP contribution >= 0.6 is 23.2 Å². The van der Waals surface area contributed by atoms with Gasteiger partial charge in [-0.25, -0.2) is 8.78 Å². The zero-order chi connectivity index (χ0) is 26.8. The summed E-state index contributed by atoms with van der Waals surface area (Å²) in [4.78, 5) is 37.4. The number of hydrogen-bond donors (Lipinski definition) is 3. The average Bonchev–Trinajstić information content (AvgIpc) is 2.86. The van der Waals surface area contributed by atoms with Crippen molar-refractivity contribution in [2.75, 3.05) is 13.2 Å². The van der Waals surface area contributed by atoms with E-state index in [0.717, 1.165) is 12.1 Å². The SMILES string of the molecule is O=C(COc1ccc(Cl)c(F)c1)NC12CCC(NC(=O)COc3ccc(Cl)c(F)c3)(CC1)[C@H](C(=O)O)C2. The number of rotatable bonds is 9. The molecule has 1 atom stereocenters. The van der Waals surface area contributed by atoms with Crippen LogP contribution in [0.3, 0.4) is 0 Å². The van der Waals surface area contributed by atoms with E-state index in [-0.39, 0.29) is 34.6 Å². The van der Waals surface area contributed by atoms with Crippen LogP contribution in [0.4, 0.5) is 8.78 Å². The van der Waals surface area contributed by atoms with Crippen LogP contribution in [0, 0.1) is 17.6 Å². The topological polar surface area (TPSA) is 114 Å². The molecule has 0 radical (unpaired) electrons. The Morgan fingerprint density at radius 1 is 0.865 bits per heavy atom. The number of aliphatic carboxylic acids is 1. The number of halogens is 4. The predicted molar refractivity (Wildman–Crippen MR) is 130 cm³/mol.